The summed E-state index contributed by atoms with van der Waals surface area (Å²) in [6.07, 6.45) is 0.610. The second kappa shape index (κ2) is 4.02. The lowest BCUT2D eigenvalue weighted by atomic mass is 10.1. The summed E-state index contributed by atoms with van der Waals surface area (Å²) in [6.45, 7) is 0. The molecule has 1 heterocycles. The van der Waals surface area contributed by atoms with Gasteiger partial charge in [0.15, 0.2) is 12.0 Å². The Morgan fingerprint density at radius 2 is 1.81 bits per heavy atom. The highest BCUT2D eigenvalue weighted by atomic mass is 16.4. The van der Waals surface area contributed by atoms with Gasteiger partial charge in [-0.15, -0.1) is 0 Å². The van der Waals surface area contributed by atoms with Crippen molar-refractivity contribution in [2.24, 2.45) is 0 Å². The van der Waals surface area contributed by atoms with Gasteiger partial charge >= 0.3 is 0 Å². The lowest BCUT2D eigenvalue weighted by Crippen LogP contribution is -2.21. The monoisotopic (exact) mass is 215 g/mol. The van der Waals surface area contributed by atoms with Gasteiger partial charge in [-0.1, -0.05) is 24.3 Å². The van der Waals surface area contributed by atoms with Crippen LogP contribution >= 0.6 is 0 Å². The van der Waals surface area contributed by atoms with Crippen molar-refractivity contribution >= 4 is 12.3 Å². The van der Waals surface area contributed by atoms with Crippen LogP contribution < -0.4 is 5.11 Å². The lowest BCUT2D eigenvalue weighted by Gasteiger charge is -2.02. The Hall–Kier alpha value is -2.36. The van der Waals surface area contributed by atoms with Gasteiger partial charge in [0.1, 0.15) is 5.76 Å². The Kier molecular flexibility index (Phi) is 2.55. The first-order valence-electron chi connectivity index (χ1n) is 4.57. The second-order valence-electron chi connectivity index (χ2n) is 3.18. The van der Waals surface area contributed by atoms with Crippen LogP contribution in [0.2, 0.25) is 0 Å². The molecule has 2 aromatic rings. The summed E-state index contributed by atoms with van der Waals surface area (Å²) in [7, 11) is 0. The van der Waals surface area contributed by atoms with Crippen LogP contribution in [0.1, 0.15) is 20.9 Å². The molecule has 0 amide bonds. The molecular formula is C12H7O4-. The van der Waals surface area contributed by atoms with Crippen molar-refractivity contribution < 1.29 is 19.1 Å². The average Bonchev–Trinajstić information content (AvgIpc) is 2.77. The minimum atomic E-state index is -1.22. The van der Waals surface area contributed by atoms with Crippen molar-refractivity contribution in [1.29, 1.82) is 0 Å². The summed E-state index contributed by atoms with van der Waals surface area (Å²) < 4.78 is 5.19. The Morgan fingerprint density at radius 3 is 2.31 bits per heavy atom. The highest BCUT2D eigenvalue weighted by molar-refractivity contribution is 5.86. The van der Waals surface area contributed by atoms with Gasteiger partial charge in [-0.25, -0.2) is 0 Å². The fourth-order valence-electron chi connectivity index (χ4n) is 1.34. The van der Waals surface area contributed by atoms with Crippen LogP contribution in [0.5, 0.6) is 0 Å². The standard InChI is InChI=1S/C12H8O4/c13-7-10-5-6-11(16-10)8-1-3-9(4-2-8)12(14)15/h1-7H,(H,14,15)/p-1. The normalized spacial score (nSPS) is 10.0. The molecule has 80 valence electrons. The maximum absolute atomic E-state index is 10.5. The van der Waals surface area contributed by atoms with E-state index in [-0.39, 0.29) is 11.3 Å². The van der Waals surface area contributed by atoms with E-state index in [0.29, 0.717) is 17.6 Å². The van der Waals surface area contributed by atoms with Crippen molar-refractivity contribution in [1.82, 2.24) is 0 Å². The molecule has 4 nitrogen and oxygen atoms in total. The third-order valence-electron chi connectivity index (χ3n) is 2.15. The van der Waals surface area contributed by atoms with E-state index >= 15 is 0 Å². The van der Waals surface area contributed by atoms with Crippen LogP contribution in [-0.4, -0.2) is 12.3 Å². The Morgan fingerprint density at radius 1 is 1.12 bits per heavy atom. The van der Waals surface area contributed by atoms with Crippen LogP contribution in [0.3, 0.4) is 0 Å². The zero-order chi connectivity index (χ0) is 11.5. The first-order chi connectivity index (χ1) is 7.70. The second-order valence-corrected chi connectivity index (χ2v) is 3.18. The molecule has 2 rings (SSSR count). The van der Waals surface area contributed by atoms with Gasteiger partial charge < -0.3 is 14.3 Å². The summed E-state index contributed by atoms with van der Waals surface area (Å²) in [5.74, 6) is -0.467. The molecule has 0 aliphatic heterocycles. The van der Waals surface area contributed by atoms with Gasteiger partial charge in [-0.3, -0.25) is 4.79 Å². The molecule has 1 aromatic carbocycles. The lowest BCUT2D eigenvalue weighted by molar-refractivity contribution is -0.255. The summed E-state index contributed by atoms with van der Waals surface area (Å²) in [5, 5.41) is 10.5. The van der Waals surface area contributed by atoms with Crippen LogP contribution in [0.4, 0.5) is 0 Å². The molecule has 4 heteroatoms. The van der Waals surface area contributed by atoms with E-state index in [0.717, 1.165) is 0 Å². The van der Waals surface area contributed by atoms with Crippen molar-refractivity contribution in [3.8, 4) is 11.3 Å². The maximum Gasteiger partial charge on any atom is 0.185 e. The van der Waals surface area contributed by atoms with Crippen LogP contribution in [0.15, 0.2) is 40.8 Å². The van der Waals surface area contributed by atoms with Gasteiger partial charge in [0.2, 0.25) is 0 Å². The highest BCUT2D eigenvalue weighted by Crippen LogP contribution is 2.21. The predicted octanol–water partition coefficient (Wildman–Crippen LogP) is 1.12. The summed E-state index contributed by atoms with van der Waals surface area (Å²) in [6, 6.07) is 9.24. The third-order valence-corrected chi connectivity index (χ3v) is 2.15. The van der Waals surface area contributed by atoms with Gasteiger partial charge in [0, 0.05) is 5.56 Å². The summed E-state index contributed by atoms with van der Waals surface area (Å²) in [4.78, 5) is 20.9. The number of carboxylic acid groups (broad SMARTS) is 1. The molecule has 16 heavy (non-hydrogen) atoms. The van der Waals surface area contributed by atoms with E-state index in [9.17, 15) is 14.7 Å². The molecule has 0 fully saturated rings. The molecule has 0 radical (unpaired) electrons. The Bertz CT molecular complexity index is 522. The Balaban J connectivity index is 2.34. The van der Waals surface area contributed by atoms with Crippen LogP contribution in [-0.2, 0) is 0 Å². The van der Waals surface area contributed by atoms with Gasteiger partial charge in [-0.05, 0) is 17.7 Å². The van der Waals surface area contributed by atoms with E-state index < -0.39 is 5.97 Å². The maximum atomic E-state index is 10.5. The van der Waals surface area contributed by atoms with E-state index in [1.807, 2.05) is 0 Å². The largest absolute Gasteiger partial charge is 0.545 e. The molecule has 0 bridgehead atoms. The van der Waals surface area contributed by atoms with E-state index in [1.165, 1.54) is 12.1 Å². The third kappa shape index (κ3) is 1.86. The van der Waals surface area contributed by atoms with E-state index in [1.54, 1.807) is 24.3 Å². The number of aromatic carboxylic acids is 1. The molecule has 0 saturated carbocycles. The molecule has 0 N–H and O–H groups in total. The van der Waals surface area contributed by atoms with Crippen molar-refractivity contribution in [3.63, 3.8) is 0 Å². The molecule has 0 atom stereocenters. The average molecular weight is 215 g/mol. The van der Waals surface area contributed by atoms with Crippen molar-refractivity contribution in [3.05, 3.63) is 47.7 Å². The SMILES string of the molecule is O=Cc1ccc(-c2ccc(C(=O)[O-])cc2)o1. The molecule has 0 aliphatic rings. The summed E-state index contributed by atoms with van der Waals surface area (Å²) >= 11 is 0. The molecule has 0 unspecified atom stereocenters. The number of rotatable bonds is 3. The minimum Gasteiger partial charge on any atom is -0.545 e. The molecule has 1 aromatic heterocycles. The quantitative estimate of drug-likeness (QED) is 0.719. The number of benzene rings is 1. The molecule has 0 aliphatic carbocycles. The van der Waals surface area contributed by atoms with Gasteiger partial charge in [0.05, 0.1) is 5.97 Å². The number of hydrogen-bond acceptors (Lipinski definition) is 4. The van der Waals surface area contributed by atoms with Gasteiger partial charge in [0.25, 0.3) is 0 Å². The fourth-order valence-corrected chi connectivity index (χ4v) is 1.34. The number of carbonyl (C=O) groups is 2. The zero-order valence-electron chi connectivity index (χ0n) is 8.17. The van der Waals surface area contributed by atoms with Crippen molar-refractivity contribution in [2.45, 2.75) is 0 Å². The van der Waals surface area contributed by atoms with E-state index in [4.69, 9.17) is 4.42 Å². The topological polar surface area (TPSA) is 70.3 Å². The predicted molar refractivity (Wildman–Crippen MR) is 53.9 cm³/mol. The van der Waals surface area contributed by atoms with Crippen LogP contribution in [0, 0.1) is 0 Å². The number of hydrogen-bond donors (Lipinski definition) is 0. The first kappa shape index (κ1) is 10.2. The fraction of sp³-hybridized carbons (Fsp3) is 0. The number of aldehydes is 1. The highest BCUT2D eigenvalue weighted by Gasteiger charge is 2.03. The number of carboxylic acids is 1. The number of furan rings is 1. The first-order valence-corrected chi connectivity index (χ1v) is 4.57. The summed E-state index contributed by atoms with van der Waals surface area (Å²) in [5.41, 5.74) is 0.809. The molecule has 0 spiro atoms. The van der Waals surface area contributed by atoms with Crippen LogP contribution in [0.25, 0.3) is 11.3 Å². The Labute approximate surface area is 91.1 Å². The molecular weight excluding hydrogens is 208 g/mol. The smallest absolute Gasteiger partial charge is 0.185 e. The molecule has 0 saturated heterocycles. The number of carbonyl (C=O) groups excluding carboxylic acids is 2. The van der Waals surface area contributed by atoms with E-state index in [2.05, 4.69) is 0 Å². The minimum absolute atomic E-state index is 0.103. The van der Waals surface area contributed by atoms with Crippen molar-refractivity contribution in [2.75, 3.05) is 0 Å². The zero-order valence-corrected chi connectivity index (χ0v) is 8.17. The van der Waals surface area contributed by atoms with Gasteiger partial charge in [-0.2, -0.15) is 0 Å².